The maximum atomic E-state index is 12.9. The number of carbonyl (C=O) groups excluding carboxylic acids is 1. The van der Waals surface area contributed by atoms with E-state index >= 15 is 0 Å². The van der Waals surface area contributed by atoms with E-state index in [4.69, 9.17) is 0 Å². The van der Waals surface area contributed by atoms with Gasteiger partial charge < -0.3 is 9.47 Å². The van der Waals surface area contributed by atoms with Crippen LogP contribution in [0.5, 0.6) is 0 Å². The Balaban J connectivity index is 1.63. The second-order valence-corrected chi connectivity index (χ2v) is 6.76. The number of hydrogen-bond acceptors (Lipinski definition) is 4. The summed E-state index contributed by atoms with van der Waals surface area (Å²) in [5, 5.41) is 4.13. The highest BCUT2D eigenvalue weighted by atomic mass is 16.2. The minimum absolute atomic E-state index is 0.00163. The predicted molar refractivity (Wildman–Crippen MR) is 96.5 cm³/mol. The number of hydrogen-bond donors (Lipinski definition) is 0. The summed E-state index contributed by atoms with van der Waals surface area (Å²) in [6.07, 6.45) is 10.8. The van der Waals surface area contributed by atoms with Crippen LogP contribution in [0.15, 0.2) is 43.1 Å². The average Bonchev–Trinajstić information content (AvgIpc) is 3.37. The van der Waals surface area contributed by atoms with Gasteiger partial charge in [-0.05, 0) is 37.5 Å². The molecule has 1 atom stereocenters. The maximum absolute atomic E-state index is 12.9. The first-order chi connectivity index (χ1) is 12.6. The number of likely N-dealkylation sites (tertiary alicyclic amines) is 1. The van der Waals surface area contributed by atoms with Crippen LogP contribution in [0.1, 0.15) is 46.3 Å². The molecule has 0 bridgehead atoms. The molecule has 1 unspecified atom stereocenters. The monoisotopic (exact) mass is 350 g/mol. The van der Waals surface area contributed by atoms with Crippen molar-refractivity contribution in [2.24, 2.45) is 7.05 Å². The van der Waals surface area contributed by atoms with Crippen LogP contribution >= 0.6 is 0 Å². The molecule has 0 spiro atoms. The predicted octanol–water partition coefficient (Wildman–Crippen LogP) is 2.35. The van der Waals surface area contributed by atoms with Crippen molar-refractivity contribution in [3.63, 3.8) is 0 Å². The number of aromatic nitrogens is 5. The lowest BCUT2D eigenvalue weighted by Crippen LogP contribution is -2.32. The standard InChI is InChI=1S/C19H22N6O/c1-14-10-21-18(25(14)12-15-5-7-20-8-6-15)17-4-3-9-24(17)19(26)16-11-22-23(2)13-16/h5-8,10-11,13,17H,3-4,9,12H2,1-2H3. The molecule has 7 nitrogen and oxygen atoms in total. The lowest BCUT2D eigenvalue weighted by atomic mass is 10.2. The van der Waals surface area contributed by atoms with Crippen molar-refractivity contribution in [2.75, 3.05) is 6.54 Å². The summed E-state index contributed by atoms with van der Waals surface area (Å²) < 4.78 is 3.86. The summed E-state index contributed by atoms with van der Waals surface area (Å²) in [7, 11) is 1.82. The Bertz CT molecular complexity index is 913. The number of imidazole rings is 1. The summed E-state index contributed by atoms with van der Waals surface area (Å²) in [6.45, 7) is 3.54. The van der Waals surface area contributed by atoms with Gasteiger partial charge in [0, 0.05) is 50.6 Å². The Hall–Kier alpha value is -2.96. The van der Waals surface area contributed by atoms with E-state index in [9.17, 15) is 4.79 Å². The molecule has 1 amide bonds. The normalized spacial score (nSPS) is 17.0. The summed E-state index contributed by atoms with van der Waals surface area (Å²) in [6, 6.07) is 4.02. The SMILES string of the molecule is Cc1cnc(C2CCCN2C(=O)c2cnn(C)c2)n1Cc1ccncc1. The van der Waals surface area contributed by atoms with Crippen LogP contribution in [0.2, 0.25) is 0 Å². The van der Waals surface area contributed by atoms with Crippen molar-refractivity contribution in [2.45, 2.75) is 32.4 Å². The van der Waals surface area contributed by atoms with Crippen LogP contribution in [-0.4, -0.2) is 41.7 Å². The Morgan fingerprint density at radius 1 is 1.27 bits per heavy atom. The molecule has 1 fully saturated rings. The van der Waals surface area contributed by atoms with E-state index in [1.165, 1.54) is 5.56 Å². The average molecular weight is 350 g/mol. The van der Waals surface area contributed by atoms with E-state index in [2.05, 4.69) is 26.6 Å². The molecule has 4 rings (SSSR count). The highest BCUT2D eigenvalue weighted by molar-refractivity contribution is 5.94. The number of rotatable bonds is 4. The van der Waals surface area contributed by atoms with Crippen molar-refractivity contribution in [1.29, 1.82) is 0 Å². The molecule has 1 aliphatic rings. The highest BCUT2D eigenvalue weighted by Gasteiger charge is 2.34. The van der Waals surface area contributed by atoms with Crippen LogP contribution < -0.4 is 0 Å². The molecule has 1 aliphatic heterocycles. The zero-order valence-electron chi connectivity index (χ0n) is 15.0. The Labute approximate surface area is 152 Å². The molecule has 1 saturated heterocycles. The third-order valence-corrected chi connectivity index (χ3v) is 4.94. The van der Waals surface area contributed by atoms with E-state index in [1.807, 2.05) is 30.3 Å². The third kappa shape index (κ3) is 3.00. The lowest BCUT2D eigenvalue weighted by molar-refractivity contribution is 0.0727. The van der Waals surface area contributed by atoms with E-state index in [0.29, 0.717) is 5.56 Å². The fourth-order valence-corrected chi connectivity index (χ4v) is 3.60. The Morgan fingerprint density at radius 2 is 2.08 bits per heavy atom. The summed E-state index contributed by atoms with van der Waals surface area (Å²) in [5.74, 6) is 0.978. The molecule has 4 heterocycles. The number of pyridine rings is 1. The van der Waals surface area contributed by atoms with Crippen LogP contribution in [0.25, 0.3) is 0 Å². The van der Waals surface area contributed by atoms with Gasteiger partial charge in [0.2, 0.25) is 0 Å². The van der Waals surface area contributed by atoms with Gasteiger partial charge >= 0.3 is 0 Å². The topological polar surface area (TPSA) is 68.8 Å². The van der Waals surface area contributed by atoms with Crippen molar-refractivity contribution >= 4 is 5.91 Å². The van der Waals surface area contributed by atoms with Crippen molar-refractivity contribution in [3.05, 3.63) is 65.8 Å². The molecular formula is C19H22N6O. The van der Waals surface area contributed by atoms with Gasteiger partial charge in [-0.2, -0.15) is 5.10 Å². The first-order valence-corrected chi connectivity index (χ1v) is 8.84. The molecule has 0 saturated carbocycles. The minimum Gasteiger partial charge on any atom is -0.328 e. The largest absolute Gasteiger partial charge is 0.328 e. The number of aryl methyl sites for hydroxylation is 2. The number of nitrogens with zero attached hydrogens (tertiary/aromatic N) is 6. The van der Waals surface area contributed by atoms with Gasteiger partial charge in [0.1, 0.15) is 5.82 Å². The van der Waals surface area contributed by atoms with Gasteiger partial charge in [-0.15, -0.1) is 0 Å². The Morgan fingerprint density at radius 3 is 2.81 bits per heavy atom. The molecule has 7 heteroatoms. The van der Waals surface area contributed by atoms with E-state index in [0.717, 1.165) is 37.4 Å². The first kappa shape index (κ1) is 16.5. The molecular weight excluding hydrogens is 328 g/mol. The molecule has 0 radical (unpaired) electrons. The van der Waals surface area contributed by atoms with Gasteiger partial charge in [0.25, 0.3) is 5.91 Å². The smallest absolute Gasteiger partial charge is 0.257 e. The second-order valence-electron chi connectivity index (χ2n) is 6.76. The van der Waals surface area contributed by atoms with E-state index in [1.54, 1.807) is 29.5 Å². The zero-order chi connectivity index (χ0) is 18.1. The number of amides is 1. The van der Waals surface area contributed by atoms with Gasteiger partial charge in [-0.25, -0.2) is 4.98 Å². The fraction of sp³-hybridized carbons (Fsp3) is 0.368. The molecule has 0 N–H and O–H groups in total. The van der Waals surface area contributed by atoms with Gasteiger partial charge in [-0.1, -0.05) is 0 Å². The van der Waals surface area contributed by atoms with Crippen LogP contribution in [-0.2, 0) is 13.6 Å². The molecule has 26 heavy (non-hydrogen) atoms. The summed E-state index contributed by atoms with van der Waals surface area (Å²) in [5.41, 5.74) is 2.89. The molecule has 0 aromatic carbocycles. The second kappa shape index (κ2) is 6.74. The quantitative estimate of drug-likeness (QED) is 0.724. The molecule has 0 aliphatic carbocycles. The van der Waals surface area contributed by atoms with E-state index in [-0.39, 0.29) is 11.9 Å². The third-order valence-electron chi connectivity index (χ3n) is 4.94. The van der Waals surface area contributed by atoms with Gasteiger partial charge in [0.15, 0.2) is 0 Å². The first-order valence-electron chi connectivity index (χ1n) is 8.84. The van der Waals surface area contributed by atoms with Gasteiger partial charge in [-0.3, -0.25) is 14.5 Å². The number of carbonyl (C=O) groups is 1. The lowest BCUT2D eigenvalue weighted by Gasteiger charge is -2.25. The van der Waals surface area contributed by atoms with Crippen molar-refractivity contribution in [3.8, 4) is 0 Å². The molecule has 3 aromatic rings. The zero-order valence-corrected chi connectivity index (χ0v) is 15.0. The van der Waals surface area contributed by atoms with Crippen LogP contribution in [0.3, 0.4) is 0 Å². The molecule has 3 aromatic heterocycles. The summed E-state index contributed by atoms with van der Waals surface area (Å²) in [4.78, 5) is 23.6. The van der Waals surface area contributed by atoms with Crippen LogP contribution in [0, 0.1) is 6.92 Å². The Kier molecular flexibility index (Phi) is 4.28. The van der Waals surface area contributed by atoms with Crippen molar-refractivity contribution in [1.82, 2.24) is 29.2 Å². The minimum atomic E-state index is -0.00163. The van der Waals surface area contributed by atoms with Crippen LogP contribution in [0.4, 0.5) is 0 Å². The van der Waals surface area contributed by atoms with Crippen molar-refractivity contribution < 1.29 is 4.79 Å². The maximum Gasteiger partial charge on any atom is 0.257 e. The van der Waals surface area contributed by atoms with Gasteiger partial charge in [0.05, 0.1) is 17.8 Å². The fourth-order valence-electron chi connectivity index (χ4n) is 3.60. The molecule has 134 valence electrons. The highest BCUT2D eigenvalue weighted by Crippen LogP contribution is 2.33. The van der Waals surface area contributed by atoms with E-state index < -0.39 is 0 Å². The summed E-state index contributed by atoms with van der Waals surface area (Å²) >= 11 is 0.